The fourth-order valence-electron chi connectivity index (χ4n) is 3.23. The SMILES string of the molecule is O=S(=O)(c1ccccc1Cl)N1CCC2(CC[C@@H]2O)CC1. The molecule has 2 aliphatic rings. The highest BCUT2D eigenvalue weighted by Gasteiger charge is 2.48. The highest BCUT2D eigenvalue weighted by molar-refractivity contribution is 7.89. The summed E-state index contributed by atoms with van der Waals surface area (Å²) >= 11 is 6.00. The van der Waals surface area contributed by atoms with Gasteiger partial charge in [0.15, 0.2) is 0 Å². The maximum Gasteiger partial charge on any atom is 0.244 e. The van der Waals surface area contributed by atoms with Crippen LogP contribution in [0.15, 0.2) is 29.2 Å². The van der Waals surface area contributed by atoms with E-state index in [1.807, 2.05) is 0 Å². The van der Waals surface area contributed by atoms with Crippen LogP contribution in [0.4, 0.5) is 0 Å². The number of aliphatic hydroxyl groups is 1. The van der Waals surface area contributed by atoms with Gasteiger partial charge < -0.3 is 5.11 Å². The Balaban J connectivity index is 1.79. The molecule has 0 radical (unpaired) electrons. The van der Waals surface area contributed by atoms with Crippen LogP contribution in [0.1, 0.15) is 25.7 Å². The third-order valence-electron chi connectivity index (χ3n) is 4.80. The summed E-state index contributed by atoms with van der Waals surface area (Å²) in [5, 5.41) is 10.1. The maximum atomic E-state index is 12.6. The van der Waals surface area contributed by atoms with E-state index in [1.165, 1.54) is 4.31 Å². The Kier molecular flexibility index (Phi) is 3.57. The predicted molar refractivity (Wildman–Crippen MR) is 77.1 cm³/mol. The zero-order chi connectivity index (χ0) is 14.4. The minimum Gasteiger partial charge on any atom is -0.393 e. The van der Waals surface area contributed by atoms with Crippen molar-refractivity contribution in [3.05, 3.63) is 29.3 Å². The molecule has 1 atom stereocenters. The quantitative estimate of drug-likeness (QED) is 0.911. The first-order valence-electron chi connectivity index (χ1n) is 6.88. The molecule has 20 heavy (non-hydrogen) atoms. The lowest BCUT2D eigenvalue weighted by Crippen LogP contribution is -2.53. The first-order valence-corrected chi connectivity index (χ1v) is 8.70. The van der Waals surface area contributed by atoms with Gasteiger partial charge in [-0.05, 0) is 43.2 Å². The van der Waals surface area contributed by atoms with Crippen LogP contribution in [-0.2, 0) is 10.0 Å². The van der Waals surface area contributed by atoms with E-state index in [9.17, 15) is 13.5 Å². The molecule has 1 saturated heterocycles. The molecular weight excluding hydrogens is 298 g/mol. The molecule has 1 aromatic carbocycles. The van der Waals surface area contributed by atoms with Gasteiger partial charge in [0.2, 0.25) is 10.0 Å². The minimum absolute atomic E-state index is 0.0352. The van der Waals surface area contributed by atoms with Gasteiger partial charge in [0.25, 0.3) is 0 Å². The Bertz CT molecular complexity index is 609. The number of hydrogen-bond donors (Lipinski definition) is 1. The van der Waals surface area contributed by atoms with Gasteiger partial charge in [-0.3, -0.25) is 0 Å². The van der Waals surface area contributed by atoms with Crippen LogP contribution < -0.4 is 0 Å². The first-order chi connectivity index (χ1) is 9.46. The number of sulfonamides is 1. The zero-order valence-corrected chi connectivity index (χ0v) is 12.7. The Labute approximate surface area is 124 Å². The van der Waals surface area contributed by atoms with Gasteiger partial charge in [0.1, 0.15) is 4.90 Å². The van der Waals surface area contributed by atoms with E-state index in [4.69, 9.17) is 11.6 Å². The van der Waals surface area contributed by atoms with Crippen LogP contribution in [0.5, 0.6) is 0 Å². The Morgan fingerprint density at radius 2 is 1.85 bits per heavy atom. The van der Waals surface area contributed by atoms with Crippen molar-refractivity contribution in [1.82, 2.24) is 4.31 Å². The van der Waals surface area contributed by atoms with Crippen LogP contribution in [0.25, 0.3) is 0 Å². The van der Waals surface area contributed by atoms with Crippen LogP contribution in [0, 0.1) is 5.41 Å². The topological polar surface area (TPSA) is 57.6 Å². The van der Waals surface area contributed by atoms with Crippen molar-refractivity contribution >= 4 is 21.6 Å². The van der Waals surface area contributed by atoms with Crippen LogP contribution in [0.2, 0.25) is 5.02 Å². The van der Waals surface area contributed by atoms with Crippen molar-refractivity contribution in [3.63, 3.8) is 0 Å². The van der Waals surface area contributed by atoms with Crippen LogP contribution >= 0.6 is 11.6 Å². The number of rotatable bonds is 2. The second kappa shape index (κ2) is 4.98. The average Bonchev–Trinajstić information content (AvgIpc) is 2.46. The molecule has 1 spiro atoms. The molecule has 110 valence electrons. The Hall–Kier alpha value is -0.620. The lowest BCUT2D eigenvalue weighted by Gasteiger charge is -2.51. The largest absolute Gasteiger partial charge is 0.393 e. The summed E-state index contributed by atoms with van der Waals surface area (Å²) in [6, 6.07) is 6.53. The molecule has 1 N–H and O–H groups in total. The number of aliphatic hydroxyl groups excluding tert-OH is 1. The molecule has 0 aromatic heterocycles. The number of halogens is 1. The lowest BCUT2D eigenvalue weighted by atomic mass is 9.61. The molecule has 1 heterocycles. The fourth-order valence-corrected chi connectivity index (χ4v) is 5.16. The highest BCUT2D eigenvalue weighted by Crippen LogP contribution is 2.49. The Morgan fingerprint density at radius 1 is 1.20 bits per heavy atom. The summed E-state index contributed by atoms with van der Waals surface area (Å²) in [6.45, 7) is 0.926. The molecule has 3 rings (SSSR count). The van der Waals surface area contributed by atoms with Crippen molar-refractivity contribution in [3.8, 4) is 0 Å². The molecular formula is C14H18ClNO3S. The number of nitrogens with zero attached hydrogens (tertiary/aromatic N) is 1. The van der Waals surface area contributed by atoms with E-state index >= 15 is 0 Å². The highest BCUT2D eigenvalue weighted by atomic mass is 35.5. The monoisotopic (exact) mass is 315 g/mol. The van der Waals surface area contributed by atoms with E-state index in [0.717, 1.165) is 25.7 Å². The number of benzene rings is 1. The average molecular weight is 316 g/mol. The second-order valence-electron chi connectivity index (χ2n) is 5.75. The van der Waals surface area contributed by atoms with Gasteiger partial charge in [-0.2, -0.15) is 4.31 Å². The third-order valence-corrected chi connectivity index (χ3v) is 7.19. The van der Waals surface area contributed by atoms with E-state index in [0.29, 0.717) is 13.1 Å². The zero-order valence-electron chi connectivity index (χ0n) is 11.1. The van der Waals surface area contributed by atoms with Crippen molar-refractivity contribution < 1.29 is 13.5 Å². The summed E-state index contributed by atoms with van der Waals surface area (Å²) in [6.07, 6.45) is 3.06. The van der Waals surface area contributed by atoms with Crippen LogP contribution in [0.3, 0.4) is 0 Å². The summed E-state index contributed by atoms with van der Waals surface area (Å²) in [4.78, 5) is 0.173. The molecule has 0 unspecified atom stereocenters. The standard InChI is InChI=1S/C14H18ClNO3S/c15-11-3-1-2-4-12(11)20(18,19)16-9-7-14(8-10-16)6-5-13(14)17/h1-4,13,17H,5-10H2/t13-/m0/s1. The molecule has 0 bridgehead atoms. The second-order valence-corrected chi connectivity index (χ2v) is 8.06. The third kappa shape index (κ3) is 2.17. The van der Waals surface area contributed by atoms with Crippen molar-refractivity contribution in [2.75, 3.05) is 13.1 Å². The van der Waals surface area contributed by atoms with Gasteiger partial charge in [-0.1, -0.05) is 23.7 Å². The van der Waals surface area contributed by atoms with Gasteiger partial charge in [0, 0.05) is 13.1 Å². The van der Waals surface area contributed by atoms with E-state index in [2.05, 4.69) is 0 Å². The van der Waals surface area contributed by atoms with Crippen LogP contribution in [-0.4, -0.2) is 37.0 Å². The summed E-state index contributed by atoms with van der Waals surface area (Å²) in [5.41, 5.74) is -0.0352. The number of hydrogen-bond acceptors (Lipinski definition) is 3. The van der Waals surface area contributed by atoms with Gasteiger partial charge in [-0.15, -0.1) is 0 Å². The molecule has 1 saturated carbocycles. The smallest absolute Gasteiger partial charge is 0.244 e. The van der Waals surface area contributed by atoms with E-state index in [-0.39, 0.29) is 21.4 Å². The van der Waals surface area contributed by atoms with E-state index < -0.39 is 10.0 Å². The minimum atomic E-state index is -3.52. The molecule has 2 fully saturated rings. The van der Waals surface area contributed by atoms with Crippen molar-refractivity contribution in [2.45, 2.75) is 36.7 Å². The summed E-state index contributed by atoms with van der Waals surface area (Å²) in [5.74, 6) is 0. The van der Waals surface area contributed by atoms with Crippen molar-refractivity contribution in [1.29, 1.82) is 0 Å². The molecule has 0 amide bonds. The molecule has 1 aliphatic heterocycles. The van der Waals surface area contributed by atoms with Gasteiger partial charge in [-0.25, -0.2) is 8.42 Å². The predicted octanol–water partition coefficient (Wildman–Crippen LogP) is 2.27. The summed E-state index contributed by atoms with van der Waals surface area (Å²) < 4.78 is 26.7. The molecule has 6 heteroatoms. The molecule has 1 aliphatic carbocycles. The Morgan fingerprint density at radius 3 is 2.35 bits per heavy atom. The maximum absolute atomic E-state index is 12.6. The van der Waals surface area contributed by atoms with Crippen molar-refractivity contribution in [2.24, 2.45) is 5.41 Å². The lowest BCUT2D eigenvalue weighted by molar-refractivity contribution is -0.0911. The van der Waals surface area contributed by atoms with E-state index in [1.54, 1.807) is 24.3 Å². The van der Waals surface area contributed by atoms with Gasteiger partial charge in [0.05, 0.1) is 11.1 Å². The molecule has 1 aromatic rings. The molecule has 4 nitrogen and oxygen atoms in total. The normalized spacial score (nSPS) is 26.4. The summed E-state index contributed by atoms with van der Waals surface area (Å²) in [7, 11) is -3.52. The first kappa shape index (κ1) is 14.3. The number of piperidine rings is 1. The van der Waals surface area contributed by atoms with Gasteiger partial charge >= 0.3 is 0 Å². The fraction of sp³-hybridized carbons (Fsp3) is 0.571.